The number of phenolic OH excluding ortho intramolecular Hbond substituents is 1. The molecule has 3 heteroatoms. The molecule has 90 valence electrons. The molecule has 0 saturated heterocycles. The van der Waals surface area contributed by atoms with Crippen LogP contribution in [0.2, 0.25) is 0 Å². The molecule has 1 aromatic heterocycles. The van der Waals surface area contributed by atoms with Gasteiger partial charge < -0.3 is 5.11 Å². The Hall–Kier alpha value is -1.87. The van der Waals surface area contributed by atoms with Crippen molar-refractivity contribution in [1.29, 1.82) is 0 Å². The molecule has 1 heterocycles. The van der Waals surface area contributed by atoms with Gasteiger partial charge in [-0.1, -0.05) is 6.07 Å². The first kappa shape index (κ1) is 11.2. The van der Waals surface area contributed by atoms with Crippen LogP contribution >= 0.6 is 11.3 Å². The fraction of sp³-hybridized carbons (Fsp3) is 0.133. The Morgan fingerprint density at radius 3 is 2.67 bits per heavy atom. The van der Waals surface area contributed by atoms with Gasteiger partial charge in [0, 0.05) is 5.56 Å². The summed E-state index contributed by atoms with van der Waals surface area (Å²) in [4.78, 5) is 4.65. The van der Waals surface area contributed by atoms with Gasteiger partial charge in [0.15, 0.2) is 0 Å². The monoisotopic (exact) mass is 255 g/mol. The number of aromatic nitrogens is 1. The first-order chi connectivity index (χ1) is 8.63. The van der Waals surface area contributed by atoms with Crippen molar-refractivity contribution in [3.05, 3.63) is 47.5 Å². The number of rotatable bonds is 1. The van der Waals surface area contributed by atoms with Crippen LogP contribution in [-0.4, -0.2) is 10.1 Å². The van der Waals surface area contributed by atoms with Gasteiger partial charge in [0.25, 0.3) is 0 Å². The van der Waals surface area contributed by atoms with Crippen LogP contribution in [0.1, 0.15) is 11.1 Å². The van der Waals surface area contributed by atoms with Crippen molar-refractivity contribution >= 4 is 21.6 Å². The number of fused-ring (bicyclic) bond motifs is 1. The molecule has 3 aromatic rings. The normalized spacial score (nSPS) is 11.0. The second-order valence-electron chi connectivity index (χ2n) is 4.49. The summed E-state index contributed by atoms with van der Waals surface area (Å²) in [6, 6.07) is 11.7. The van der Waals surface area contributed by atoms with Crippen molar-refractivity contribution in [3.8, 4) is 16.3 Å². The van der Waals surface area contributed by atoms with E-state index in [2.05, 4.69) is 30.1 Å². The maximum absolute atomic E-state index is 9.44. The van der Waals surface area contributed by atoms with Crippen LogP contribution in [0.25, 0.3) is 20.8 Å². The van der Waals surface area contributed by atoms with E-state index in [1.54, 1.807) is 23.5 Å². The van der Waals surface area contributed by atoms with Crippen LogP contribution in [0.3, 0.4) is 0 Å². The van der Waals surface area contributed by atoms with Gasteiger partial charge in [0.05, 0.1) is 10.2 Å². The molecule has 2 aromatic carbocycles. The maximum Gasteiger partial charge on any atom is 0.124 e. The lowest BCUT2D eigenvalue weighted by molar-refractivity contribution is 0.475. The Balaban J connectivity index is 2.19. The van der Waals surface area contributed by atoms with Crippen LogP contribution < -0.4 is 0 Å². The summed E-state index contributed by atoms with van der Waals surface area (Å²) < 4.78 is 1.21. The number of thiazole rings is 1. The van der Waals surface area contributed by atoms with E-state index in [1.165, 1.54) is 10.3 Å². The average molecular weight is 255 g/mol. The fourth-order valence-electron chi connectivity index (χ4n) is 2.03. The van der Waals surface area contributed by atoms with Gasteiger partial charge in [-0.25, -0.2) is 4.98 Å². The number of hydrogen-bond donors (Lipinski definition) is 1. The van der Waals surface area contributed by atoms with Crippen LogP contribution in [0.15, 0.2) is 36.4 Å². The Morgan fingerprint density at radius 2 is 1.89 bits per heavy atom. The van der Waals surface area contributed by atoms with E-state index in [9.17, 15) is 5.11 Å². The standard InChI is InChI=1S/C15H13NOS/c1-9-3-6-13-14(7-9)18-15(16-13)12-5-4-11(17)8-10(12)2/h3-8,17H,1-2H3. The predicted molar refractivity (Wildman–Crippen MR) is 76.2 cm³/mol. The molecule has 0 fully saturated rings. The van der Waals surface area contributed by atoms with Gasteiger partial charge in [-0.3, -0.25) is 0 Å². The topological polar surface area (TPSA) is 33.1 Å². The molecule has 18 heavy (non-hydrogen) atoms. The summed E-state index contributed by atoms with van der Waals surface area (Å²) in [6.45, 7) is 4.08. The van der Waals surface area contributed by atoms with Crippen molar-refractivity contribution in [3.63, 3.8) is 0 Å². The van der Waals surface area contributed by atoms with Crippen molar-refractivity contribution in [2.75, 3.05) is 0 Å². The van der Waals surface area contributed by atoms with Crippen LogP contribution in [0.5, 0.6) is 5.75 Å². The fourth-order valence-corrected chi connectivity index (χ4v) is 3.19. The Bertz CT molecular complexity index is 730. The lowest BCUT2D eigenvalue weighted by atomic mass is 10.1. The summed E-state index contributed by atoms with van der Waals surface area (Å²) in [6.07, 6.45) is 0. The number of aromatic hydroxyl groups is 1. The van der Waals surface area contributed by atoms with E-state index >= 15 is 0 Å². The summed E-state index contributed by atoms with van der Waals surface area (Å²) in [5.74, 6) is 0.299. The third kappa shape index (κ3) is 1.87. The second-order valence-corrected chi connectivity index (χ2v) is 5.52. The highest BCUT2D eigenvalue weighted by Crippen LogP contribution is 2.33. The predicted octanol–water partition coefficient (Wildman–Crippen LogP) is 4.29. The average Bonchev–Trinajstić information content (AvgIpc) is 2.71. The van der Waals surface area contributed by atoms with Gasteiger partial charge in [-0.2, -0.15) is 0 Å². The van der Waals surface area contributed by atoms with Crippen LogP contribution in [0.4, 0.5) is 0 Å². The molecule has 0 spiro atoms. The van der Waals surface area contributed by atoms with Gasteiger partial charge >= 0.3 is 0 Å². The molecule has 0 unspecified atom stereocenters. The minimum Gasteiger partial charge on any atom is -0.508 e. The molecule has 0 aliphatic rings. The molecular formula is C15H13NOS. The Morgan fingerprint density at radius 1 is 1.06 bits per heavy atom. The smallest absolute Gasteiger partial charge is 0.124 e. The zero-order valence-electron chi connectivity index (χ0n) is 10.3. The van der Waals surface area contributed by atoms with E-state index in [1.807, 2.05) is 13.0 Å². The minimum absolute atomic E-state index is 0.299. The molecule has 2 nitrogen and oxygen atoms in total. The quantitative estimate of drug-likeness (QED) is 0.703. The zero-order valence-corrected chi connectivity index (χ0v) is 11.1. The number of benzene rings is 2. The van der Waals surface area contributed by atoms with Gasteiger partial charge in [-0.05, 0) is 55.3 Å². The van der Waals surface area contributed by atoms with Crippen molar-refractivity contribution in [2.24, 2.45) is 0 Å². The van der Waals surface area contributed by atoms with Gasteiger partial charge in [-0.15, -0.1) is 11.3 Å². The number of nitrogens with zero attached hydrogens (tertiary/aromatic N) is 1. The Labute approximate surface area is 110 Å². The summed E-state index contributed by atoms with van der Waals surface area (Å²) in [5, 5.41) is 10.5. The number of aryl methyl sites for hydroxylation is 2. The summed E-state index contributed by atoms with van der Waals surface area (Å²) in [5.41, 5.74) is 4.42. The molecular weight excluding hydrogens is 242 g/mol. The largest absolute Gasteiger partial charge is 0.508 e. The SMILES string of the molecule is Cc1ccc2nc(-c3ccc(O)cc3C)sc2c1. The summed E-state index contributed by atoms with van der Waals surface area (Å²) >= 11 is 1.69. The van der Waals surface area contributed by atoms with Crippen molar-refractivity contribution in [1.82, 2.24) is 4.98 Å². The first-order valence-corrected chi connectivity index (χ1v) is 6.62. The molecule has 0 atom stereocenters. The molecule has 3 rings (SSSR count). The van der Waals surface area contributed by atoms with E-state index in [-0.39, 0.29) is 0 Å². The molecule has 0 radical (unpaired) electrons. The summed E-state index contributed by atoms with van der Waals surface area (Å²) in [7, 11) is 0. The molecule has 0 bridgehead atoms. The lowest BCUT2D eigenvalue weighted by Crippen LogP contribution is -1.81. The Kier molecular flexibility index (Phi) is 2.56. The highest BCUT2D eigenvalue weighted by atomic mass is 32.1. The van der Waals surface area contributed by atoms with Gasteiger partial charge in [0.2, 0.25) is 0 Å². The van der Waals surface area contributed by atoms with Crippen LogP contribution in [0, 0.1) is 13.8 Å². The van der Waals surface area contributed by atoms with E-state index < -0.39 is 0 Å². The zero-order chi connectivity index (χ0) is 12.7. The minimum atomic E-state index is 0.299. The van der Waals surface area contributed by atoms with Crippen LogP contribution in [-0.2, 0) is 0 Å². The van der Waals surface area contributed by atoms with E-state index in [4.69, 9.17) is 0 Å². The molecule has 0 amide bonds. The molecule has 0 aliphatic heterocycles. The van der Waals surface area contributed by atoms with E-state index in [0.29, 0.717) is 5.75 Å². The third-order valence-corrected chi connectivity index (χ3v) is 4.04. The second kappa shape index (κ2) is 4.10. The van der Waals surface area contributed by atoms with Gasteiger partial charge in [0.1, 0.15) is 10.8 Å². The third-order valence-electron chi connectivity index (χ3n) is 2.98. The highest BCUT2D eigenvalue weighted by molar-refractivity contribution is 7.21. The number of hydrogen-bond acceptors (Lipinski definition) is 3. The number of phenols is 1. The maximum atomic E-state index is 9.44. The molecule has 0 saturated carbocycles. The molecule has 0 aliphatic carbocycles. The van der Waals surface area contributed by atoms with Crippen molar-refractivity contribution < 1.29 is 5.11 Å². The molecule has 1 N–H and O–H groups in total. The van der Waals surface area contributed by atoms with Crippen molar-refractivity contribution in [2.45, 2.75) is 13.8 Å². The first-order valence-electron chi connectivity index (χ1n) is 5.81. The highest BCUT2D eigenvalue weighted by Gasteiger charge is 2.09. The lowest BCUT2D eigenvalue weighted by Gasteiger charge is -2.01. The van der Waals surface area contributed by atoms with E-state index in [0.717, 1.165) is 21.7 Å².